The topological polar surface area (TPSA) is 107 Å². The molecule has 204 valence electrons. The molecule has 0 radical (unpaired) electrons. The summed E-state index contributed by atoms with van der Waals surface area (Å²) in [6, 6.07) is 7.00. The van der Waals surface area contributed by atoms with Gasteiger partial charge in [-0.25, -0.2) is 14.5 Å². The number of aliphatic imine (C=N–C) groups is 1. The van der Waals surface area contributed by atoms with Gasteiger partial charge in [-0.05, 0) is 70.4 Å². The molecule has 9 heteroatoms. The van der Waals surface area contributed by atoms with Gasteiger partial charge in [0, 0.05) is 29.2 Å². The molecule has 3 aliphatic rings. The lowest BCUT2D eigenvalue weighted by Crippen LogP contribution is -2.32. The van der Waals surface area contributed by atoms with E-state index >= 15 is 0 Å². The Labute approximate surface area is 227 Å². The maximum absolute atomic E-state index is 12.7. The van der Waals surface area contributed by atoms with Crippen LogP contribution in [0.2, 0.25) is 0 Å². The fourth-order valence-electron chi connectivity index (χ4n) is 5.46. The molecule has 1 saturated heterocycles. The van der Waals surface area contributed by atoms with Gasteiger partial charge < -0.3 is 19.5 Å². The predicted molar refractivity (Wildman–Crippen MR) is 148 cm³/mol. The minimum absolute atomic E-state index is 0.0971. The monoisotopic (exact) mass is 531 g/mol. The van der Waals surface area contributed by atoms with Crippen molar-refractivity contribution in [2.45, 2.75) is 58.6 Å². The van der Waals surface area contributed by atoms with Gasteiger partial charge in [0.25, 0.3) is 5.91 Å². The maximum atomic E-state index is 12.7. The van der Waals surface area contributed by atoms with Gasteiger partial charge in [0.05, 0.1) is 37.2 Å². The highest BCUT2D eigenvalue weighted by Crippen LogP contribution is 2.48. The molecule has 3 aliphatic heterocycles. The van der Waals surface area contributed by atoms with E-state index in [4.69, 9.17) is 19.2 Å². The molecule has 0 atom stereocenters. The molecule has 9 nitrogen and oxygen atoms in total. The van der Waals surface area contributed by atoms with E-state index in [1.807, 2.05) is 13.0 Å². The summed E-state index contributed by atoms with van der Waals surface area (Å²) in [5.41, 5.74) is 4.73. The Morgan fingerprint density at radius 1 is 1.18 bits per heavy atom. The number of imide groups is 1. The molecule has 0 spiro atoms. The Balaban J connectivity index is 1.71. The zero-order valence-electron chi connectivity index (χ0n) is 23.1. The van der Waals surface area contributed by atoms with Crippen LogP contribution in [-0.4, -0.2) is 55.0 Å². The number of carbonyl (C=O) groups excluding carboxylic acids is 3. The van der Waals surface area contributed by atoms with E-state index in [9.17, 15) is 14.4 Å². The fourth-order valence-corrected chi connectivity index (χ4v) is 5.46. The van der Waals surface area contributed by atoms with Crippen molar-refractivity contribution < 1.29 is 28.6 Å². The smallest absolute Gasteiger partial charge is 0.330 e. The van der Waals surface area contributed by atoms with Crippen LogP contribution >= 0.6 is 0 Å². The standard InChI is InChI=1S/C30H33N3O6/c1-7-38-22-13-19-14-29(2,3)32-26(25(19)20-15-30(4,5)39-27(20)22)18-9-8-17(10-11-24(35)37-6)21(12-18)33-23(34)16-31-28(33)36/h8-13H,7,14-16H2,1-6H3,(H,31,36)/b11-10+. The first kappa shape index (κ1) is 26.5. The molecule has 0 aromatic heterocycles. The second kappa shape index (κ2) is 9.55. The summed E-state index contributed by atoms with van der Waals surface area (Å²) in [6.07, 6.45) is 4.20. The highest BCUT2D eigenvalue weighted by atomic mass is 16.5. The molecule has 3 heterocycles. The van der Waals surface area contributed by atoms with Crippen LogP contribution in [0, 0.1) is 0 Å². The van der Waals surface area contributed by atoms with Crippen molar-refractivity contribution in [3.05, 3.63) is 58.2 Å². The Morgan fingerprint density at radius 3 is 2.62 bits per heavy atom. The van der Waals surface area contributed by atoms with Crippen molar-refractivity contribution in [2.75, 3.05) is 25.2 Å². The van der Waals surface area contributed by atoms with Gasteiger partial charge in [0.15, 0.2) is 11.5 Å². The first-order chi connectivity index (χ1) is 18.4. The van der Waals surface area contributed by atoms with Crippen molar-refractivity contribution in [2.24, 2.45) is 4.99 Å². The molecule has 2 aromatic rings. The van der Waals surface area contributed by atoms with Crippen molar-refractivity contribution in [1.29, 1.82) is 0 Å². The summed E-state index contributed by atoms with van der Waals surface area (Å²) in [5, 5.41) is 2.57. The normalized spacial score (nSPS) is 18.8. The van der Waals surface area contributed by atoms with Crippen LogP contribution in [0.5, 0.6) is 11.5 Å². The van der Waals surface area contributed by atoms with Crippen LogP contribution in [0.4, 0.5) is 10.5 Å². The molecule has 1 N–H and O–H groups in total. The van der Waals surface area contributed by atoms with E-state index in [0.717, 1.165) is 50.8 Å². The average Bonchev–Trinajstić information content (AvgIpc) is 3.38. The number of nitrogens with one attached hydrogen (secondary N) is 1. The van der Waals surface area contributed by atoms with Crippen LogP contribution in [0.25, 0.3) is 6.08 Å². The summed E-state index contributed by atoms with van der Waals surface area (Å²) >= 11 is 0. The van der Waals surface area contributed by atoms with Crippen LogP contribution in [-0.2, 0) is 27.2 Å². The summed E-state index contributed by atoms with van der Waals surface area (Å²) in [5.74, 6) is 0.545. The molecular weight excluding hydrogens is 498 g/mol. The molecule has 0 bridgehead atoms. The number of hydrogen-bond donors (Lipinski definition) is 1. The van der Waals surface area contributed by atoms with E-state index in [2.05, 4.69) is 39.1 Å². The number of methoxy groups -OCH3 is 1. The van der Waals surface area contributed by atoms with E-state index in [1.165, 1.54) is 19.3 Å². The number of carbonyl (C=O) groups is 3. The number of benzene rings is 2. The van der Waals surface area contributed by atoms with E-state index in [1.54, 1.807) is 12.1 Å². The van der Waals surface area contributed by atoms with E-state index in [0.29, 0.717) is 24.3 Å². The molecule has 39 heavy (non-hydrogen) atoms. The number of urea groups is 1. The van der Waals surface area contributed by atoms with Crippen molar-refractivity contribution in [3.8, 4) is 11.5 Å². The number of rotatable bonds is 6. The molecule has 2 aromatic carbocycles. The first-order valence-corrected chi connectivity index (χ1v) is 13.0. The van der Waals surface area contributed by atoms with Gasteiger partial charge in [0.1, 0.15) is 5.60 Å². The van der Waals surface area contributed by atoms with Gasteiger partial charge in [-0.15, -0.1) is 0 Å². The second-order valence-corrected chi connectivity index (χ2v) is 11.2. The Kier molecular flexibility index (Phi) is 6.48. The molecule has 1 fully saturated rings. The molecule has 0 aliphatic carbocycles. The number of anilines is 1. The van der Waals surface area contributed by atoms with Crippen molar-refractivity contribution in [3.63, 3.8) is 0 Å². The number of hydrogen-bond acceptors (Lipinski definition) is 7. The number of nitrogens with zero attached hydrogens (tertiary/aromatic N) is 2. The number of amides is 3. The summed E-state index contributed by atoms with van der Waals surface area (Å²) in [6.45, 7) is 10.6. The zero-order chi connectivity index (χ0) is 28.1. The Hall–Kier alpha value is -4.14. The highest BCUT2D eigenvalue weighted by Gasteiger charge is 2.40. The predicted octanol–water partition coefficient (Wildman–Crippen LogP) is 4.21. The third-order valence-corrected chi connectivity index (χ3v) is 6.97. The molecule has 0 unspecified atom stereocenters. The number of esters is 1. The lowest BCUT2D eigenvalue weighted by molar-refractivity contribution is -0.134. The van der Waals surface area contributed by atoms with Crippen molar-refractivity contribution >= 4 is 35.4 Å². The highest BCUT2D eigenvalue weighted by molar-refractivity contribution is 6.22. The molecule has 5 rings (SSSR count). The first-order valence-electron chi connectivity index (χ1n) is 13.0. The SMILES string of the molecule is CCOc1cc2c(c3c1OC(C)(C)C3)C(c1ccc(/C=C/C(=O)OC)c(N3C(=O)CNC3=O)c1)=NC(C)(C)C2. The second-order valence-electron chi connectivity index (χ2n) is 11.2. The maximum Gasteiger partial charge on any atom is 0.330 e. The van der Waals surface area contributed by atoms with Gasteiger partial charge in [-0.3, -0.25) is 9.79 Å². The lowest BCUT2D eigenvalue weighted by Gasteiger charge is -2.31. The van der Waals surface area contributed by atoms with Crippen LogP contribution in [0.3, 0.4) is 0 Å². The molecular formula is C30H33N3O6. The fraction of sp³-hybridized carbons (Fsp3) is 0.400. The Bertz CT molecular complexity index is 1440. The van der Waals surface area contributed by atoms with E-state index in [-0.39, 0.29) is 12.5 Å². The van der Waals surface area contributed by atoms with Gasteiger partial charge >= 0.3 is 12.0 Å². The largest absolute Gasteiger partial charge is 0.490 e. The average molecular weight is 532 g/mol. The Morgan fingerprint density at radius 2 is 1.95 bits per heavy atom. The van der Waals surface area contributed by atoms with Crippen LogP contribution < -0.4 is 19.7 Å². The summed E-state index contributed by atoms with van der Waals surface area (Å²) in [7, 11) is 1.29. The zero-order valence-corrected chi connectivity index (χ0v) is 23.1. The van der Waals surface area contributed by atoms with E-state index < -0.39 is 23.1 Å². The quantitative estimate of drug-likeness (QED) is 0.340. The minimum Gasteiger partial charge on any atom is -0.490 e. The number of fused-ring (bicyclic) bond motifs is 3. The van der Waals surface area contributed by atoms with Gasteiger partial charge in [-0.1, -0.05) is 12.1 Å². The van der Waals surface area contributed by atoms with Crippen LogP contribution in [0.1, 0.15) is 62.4 Å². The third-order valence-electron chi connectivity index (χ3n) is 6.97. The summed E-state index contributed by atoms with van der Waals surface area (Å²) < 4.78 is 17.1. The summed E-state index contributed by atoms with van der Waals surface area (Å²) in [4.78, 5) is 43.4. The van der Waals surface area contributed by atoms with Crippen LogP contribution in [0.15, 0.2) is 35.3 Å². The van der Waals surface area contributed by atoms with Gasteiger partial charge in [-0.2, -0.15) is 0 Å². The number of ether oxygens (including phenoxy) is 3. The third kappa shape index (κ3) is 4.89. The minimum atomic E-state index is -0.544. The molecule has 3 amide bonds. The molecule has 0 saturated carbocycles. The van der Waals surface area contributed by atoms with Crippen molar-refractivity contribution in [1.82, 2.24) is 5.32 Å². The van der Waals surface area contributed by atoms with Gasteiger partial charge in [0.2, 0.25) is 0 Å². The lowest BCUT2D eigenvalue weighted by atomic mass is 9.80.